The Morgan fingerprint density at radius 2 is 2.15 bits per heavy atom. The van der Waals surface area contributed by atoms with Crippen molar-refractivity contribution in [1.82, 2.24) is 9.97 Å². The highest BCUT2D eigenvalue weighted by molar-refractivity contribution is 7.98. The average molecular weight is 330 g/mol. The first-order valence-corrected chi connectivity index (χ1v) is 7.20. The number of rotatable bonds is 2. The van der Waals surface area contributed by atoms with Gasteiger partial charge in [0.1, 0.15) is 11.6 Å². The topological polar surface area (TPSA) is 69.5 Å². The molecule has 0 bridgehead atoms. The van der Waals surface area contributed by atoms with Crippen molar-refractivity contribution in [2.45, 2.75) is 5.16 Å². The van der Waals surface area contributed by atoms with Crippen LogP contribution in [0.25, 0.3) is 11.3 Å². The Balaban J connectivity index is 2.82. The van der Waals surface area contributed by atoms with Crippen LogP contribution < -0.4 is 5.56 Å². The number of nitrogens with zero attached hydrogens (tertiary/aromatic N) is 2. The fourth-order valence-corrected chi connectivity index (χ4v) is 2.39. The molecule has 0 saturated carbocycles. The third kappa shape index (κ3) is 2.52. The van der Waals surface area contributed by atoms with Crippen LogP contribution in [0.4, 0.5) is 4.39 Å². The normalized spacial score (nSPS) is 10.3. The van der Waals surface area contributed by atoms with Gasteiger partial charge < -0.3 is 4.98 Å². The number of benzene rings is 1. The van der Waals surface area contributed by atoms with Crippen molar-refractivity contribution in [3.63, 3.8) is 0 Å². The second-order valence-corrected chi connectivity index (χ2v) is 5.21. The summed E-state index contributed by atoms with van der Waals surface area (Å²) in [6, 6.07) is 4.46. The van der Waals surface area contributed by atoms with Gasteiger partial charge in [0.2, 0.25) is 0 Å². The predicted molar refractivity (Wildman–Crippen MR) is 76.8 cm³/mol. The molecule has 1 heterocycles. The van der Waals surface area contributed by atoms with Crippen LogP contribution in [-0.2, 0) is 0 Å². The molecule has 1 aromatic heterocycles. The third-order valence-corrected chi connectivity index (χ3v) is 3.73. The van der Waals surface area contributed by atoms with Gasteiger partial charge in [0.05, 0.1) is 15.7 Å². The van der Waals surface area contributed by atoms with Gasteiger partial charge in [0.25, 0.3) is 5.56 Å². The number of halogens is 3. The molecule has 8 heteroatoms. The van der Waals surface area contributed by atoms with E-state index in [1.54, 1.807) is 12.3 Å². The zero-order chi connectivity index (χ0) is 14.9. The van der Waals surface area contributed by atoms with Crippen LogP contribution in [0.1, 0.15) is 5.56 Å². The van der Waals surface area contributed by atoms with E-state index >= 15 is 0 Å². The van der Waals surface area contributed by atoms with Crippen molar-refractivity contribution in [3.05, 3.63) is 43.9 Å². The van der Waals surface area contributed by atoms with Crippen molar-refractivity contribution in [1.29, 1.82) is 5.26 Å². The molecule has 1 aromatic carbocycles. The van der Waals surface area contributed by atoms with Crippen LogP contribution in [0.2, 0.25) is 10.0 Å². The molecule has 0 atom stereocenters. The minimum atomic E-state index is -0.817. The molecule has 0 radical (unpaired) electrons. The van der Waals surface area contributed by atoms with Gasteiger partial charge in [-0.15, -0.1) is 0 Å². The number of hydrogen-bond donors (Lipinski definition) is 1. The monoisotopic (exact) mass is 329 g/mol. The average Bonchev–Trinajstić information content (AvgIpc) is 2.44. The predicted octanol–water partition coefficient (Wildman–Crippen LogP) is 3.48. The van der Waals surface area contributed by atoms with Gasteiger partial charge >= 0.3 is 0 Å². The first-order chi connectivity index (χ1) is 9.49. The van der Waals surface area contributed by atoms with E-state index in [2.05, 4.69) is 9.97 Å². The lowest BCUT2D eigenvalue weighted by atomic mass is 10.1. The van der Waals surface area contributed by atoms with Crippen LogP contribution in [0.5, 0.6) is 0 Å². The molecule has 0 saturated heterocycles. The largest absolute Gasteiger partial charge is 0.300 e. The zero-order valence-corrected chi connectivity index (χ0v) is 12.3. The number of aromatic nitrogens is 2. The first-order valence-electron chi connectivity index (χ1n) is 5.21. The van der Waals surface area contributed by atoms with Gasteiger partial charge in [-0.2, -0.15) is 5.26 Å². The van der Waals surface area contributed by atoms with Crippen molar-refractivity contribution < 1.29 is 4.39 Å². The van der Waals surface area contributed by atoms with Crippen molar-refractivity contribution in [2.75, 3.05) is 6.26 Å². The molecule has 102 valence electrons. The summed E-state index contributed by atoms with van der Waals surface area (Å²) in [7, 11) is 0. The molecule has 2 aromatic rings. The fraction of sp³-hybridized carbons (Fsp3) is 0.0833. The Labute approximate surface area is 127 Å². The Bertz CT molecular complexity index is 785. The summed E-state index contributed by atoms with van der Waals surface area (Å²) >= 11 is 12.7. The van der Waals surface area contributed by atoms with E-state index in [-0.39, 0.29) is 26.9 Å². The smallest absolute Gasteiger partial charge is 0.270 e. The number of nitriles is 1. The van der Waals surface area contributed by atoms with Crippen LogP contribution in [0, 0.1) is 17.1 Å². The highest BCUT2D eigenvalue weighted by Gasteiger charge is 2.19. The SMILES string of the molecule is CSc1nc(-c2ccc(Cl)c(F)c2Cl)c(C#N)c(=O)[nH]1. The third-order valence-electron chi connectivity index (χ3n) is 2.49. The summed E-state index contributed by atoms with van der Waals surface area (Å²) in [6.07, 6.45) is 1.71. The van der Waals surface area contributed by atoms with E-state index in [4.69, 9.17) is 28.5 Å². The quantitative estimate of drug-likeness (QED) is 0.520. The molecule has 0 spiro atoms. The van der Waals surface area contributed by atoms with Crippen LogP contribution in [0.3, 0.4) is 0 Å². The van der Waals surface area contributed by atoms with E-state index in [0.29, 0.717) is 5.16 Å². The number of aromatic amines is 1. The fourth-order valence-electron chi connectivity index (χ4n) is 1.56. The molecule has 0 unspecified atom stereocenters. The molecule has 0 aliphatic rings. The van der Waals surface area contributed by atoms with E-state index in [1.807, 2.05) is 0 Å². The zero-order valence-electron chi connectivity index (χ0n) is 10.00. The van der Waals surface area contributed by atoms with Gasteiger partial charge in [0, 0.05) is 5.56 Å². The summed E-state index contributed by atoms with van der Waals surface area (Å²) in [4.78, 5) is 18.4. The minimum absolute atomic E-state index is 0.0289. The lowest BCUT2D eigenvalue weighted by Crippen LogP contribution is -2.14. The molecular weight excluding hydrogens is 324 g/mol. The van der Waals surface area contributed by atoms with Crippen LogP contribution >= 0.6 is 35.0 Å². The van der Waals surface area contributed by atoms with E-state index in [0.717, 1.165) is 0 Å². The lowest BCUT2D eigenvalue weighted by molar-refractivity contribution is 0.629. The molecule has 2 rings (SSSR count). The van der Waals surface area contributed by atoms with Gasteiger partial charge in [-0.25, -0.2) is 9.37 Å². The van der Waals surface area contributed by atoms with E-state index < -0.39 is 11.4 Å². The summed E-state index contributed by atoms with van der Waals surface area (Å²) in [6.45, 7) is 0. The van der Waals surface area contributed by atoms with Gasteiger partial charge in [-0.3, -0.25) is 4.79 Å². The standard InChI is InChI=1S/C12H6Cl2FN3OS/c1-20-12-17-10(6(4-16)11(19)18-12)5-2-3-7(13)9(15)8(5)14/h2-3H,1H3,(H,17,18,19). The van der Waals surface area contributed by atoms with Crippen molar-refractivity contribution in [3.8, 4) is 17.3 Å². The summed E-state index contributed by atoms with van der Waals surface area (Å²) < 4.78 is 13.7. The van der Waals surface area contributed by atoms with Crippen LogP contribution in [-0.4, -0.2) is 16.2 Å². The van der Waals surface area contributed by atoms with Crippen molar-refractivity contribution >= 4 is 35.0 Å². The summed E-state index contributed by atoms with van der Waals surface area (Å²) in [5.74, 6) is -0.817. The summed E-state index contributed by atoms with van der Waals surface area (Å²) in [5, 5.41) is 8.94. The van der Waals surface area contributed by atoms with Gasteiger partial charge in [-0.05, 0) is 18.4 Å². The maximum atomic E-state index is 13.7. The number of thioether (sulfide) groups is 1. The molecule has 1 N–H and O–H groups in total. The highest BCUT2D eigenvalue weighted by atomic mass is 35.5. The van der Waals surface area contributed by atoms with Gasteiger partial charge in [0.15, 0.2) is 11.0 Å². The van der Waals surface area contributed by atoms with E-state index in [1.165, 1.54) is 23.9 Å². The maximum absolute atomic E-state index is 13.7. The second-order valence-electron chi connectivity index (χ2n) is 3.63. The Kier molecular flexibility index (Phi) is 4.33. The van der Waals surface area contributed by atoms with Crippen molar-refractivity contribution in [2.24, 2.45) is 0 Å². The Hall–Kier alpha value is -1.55. The Morgan fingerprint density at radius 1 is 1.45 bits per heavy atom. The maximum Gasteiger partial charge on any atom is 0.270 e. The number of H-pyrrole nitrogens is 1. The van der Waals surface area contributed by atoms with Gasteiger partial charge in [-0.1, -0.05) is 35.0 Å². The highest BCUT2D eigenvalue weighted by Crippen LogP contribution is 2.33. The summed E-state index contributed by atoms with van der Waals surface area (Å²) in [5.41, 5.74) is -0.660. The first kappa shape index (κ1) is 14.9. The lowest BCUT2D eigenvalue weighted by Gasteiger charge is -2.08. The minimum Gasteiger partial charge on any atom is -0.300 e. The molecule has 20 heavy (non-hydrogen) atoms. The molecule has 0 amide bonds. The van der Waals surface area contributed by atoms with Crippen LogP contribution in [0.15, 0.2) is 22.1 Å². The number of nitrogens with one attached hydrogen (secondary N) is 1. The molecular formula is C12H6Cl2FN3OS. The molecule has 0 fully saturated rings. The molecule has 0 aliphatic heterocycles. The molecule has 0 aliphatic carbocycles. The Morgan fingerprint density at radius 3 is 2.75 bits per heavy atom. The van der Waals surface area contributed by atoms with E-state index in [9.17, 15) is 9.18 Å². The second kappa shape index (κ2) is 5.83. The molecule has 4 nitrogen and oxygen atoms in total. The number of hydrogen-bond acceptors (Lipinski definition) is 4.